The van der Waals surface area contributed by atoms with E-state index in [-0.39, 0.29) is 24.6 Å². The minimum absolute atomic E-state index is 0.141. The highest BCUT2D eigenvalue weighted by molar-refractivity contribution is 5.83. The summed E-state index contributed by atoms with van der Waals surface area (Å²) in [6, 6.07) is 15.0. The fraction of sp³-hybridized carbons (Fsp3) is 0.320. The van der Waals surface area contributed by atoms with E-state index in [0.717, 1.165) is 22.9 Å². The van der Waals surface area contributed by atoms with Gasteiger partial charge in [0.15, 0.2) is 6.61 Å². The van der Waals surface area contributed by atoms with Gasteiger partial charge in [-0.3, -0.25) is 9.59 Å². The summed E-state index contributed by atoms with van der Waals surface area (Å²) in [5, 5.41) is 12.2. The van der Waals surface area contributed by atoms with E-state index in [1.54, 1.807) is 12.1 Å². The van der Waals surface area contributed by atoms with Gasteiger partial charge in [0.2, 0.25) is 0 Å². The lowest BCUT2D eigenvalue weighted by Gasteiger charge is -2.10. The second kappa shape index (κ2) is 11.1. The number of carboxylic acids is 1. The molecule has 0 saturated carbocycles. The Kier molecular flexibility index (Phi) is 8.02. The van der Waals surface area contributed by atoms with Gasteiger partial charge in [0, 0.05) is 36.4 Å². The third kappa shape index (κ3) is 6.44. The summed E-state index contributed by atoms with van der Waals surface area (Å²) < 4.78 is 11.1. The number of fused-ring (bicyclic) bond motifs is 1. The number of carboxylic acid groups (broad SMARTS) is 1. The highest BCUT2D eigenvalue weighted by atomic mass is 16.5. The Morgan fingerprint density at radius 2 is 1.84 bits per heavy atom. The van der Waals surface area contributed by atoms with Crippen molar-refractivity contribution in [2.24, 2.45) is 0 Å². The van der Waals surface area contributed by atoms with Crippen LogP contribution in [0.2, 0.25) is 0 Å². The molecule has 7 nitrogen and oxygen atoms in total. The molecule has 0 fully saturated rings. The molecule has 168 valence electrons. The molecule has 2 aromatic carbocycles. The molecule has 1 heterocycles. The molecule has 0 spiro atoms. The fourth-order valence-corrected chi connectivity index (χ4v) is 3.47. The van der Waals surface area contributed by atoms with Gasteiger partial charge in [0.1, 0.15) is 11.3 Å². The van der Waals surface area contributed by atoms with E-state index < -0.39 is 5.97 Å². The minimum Gasteiger partial charge on any atom is -0.484 e. The molecule has 0 unspecified atom stereocenters. The van der Waals surface area contributed by atoms with Crippen LogP contribution < -0.4 is 15.7 Å². The molecule has 0 aliphatic rings. The van der Waals surface area contributed by atoms with E-state index in [1.165, 1.54) is 0 Å². The number of aryl methyl sites for hydroxylation is 1. The molecule has 0 bridgehead atoms. The number of benzene rings is 2. The molecule has 0 radical (unpaired) electrons. The van der Waals surface area contributed by atoms with E-state index in [0.29, 0.717) is 42.7 Å². The first kappa shape index (κ1) is 23.1. The van der Waals surface area contributed by atoms with Crippen molar-refractivity contribution in [1.82, 2.24) is 5.32 Å². The van der Waals surface area contributed by atoms with Gasteiger partial charge in [-0.05, 0) is 43.0 Å². The number of unbranched alkanes of at least 4 members (excludes halogenated alkanes) is 2. The van der Waals surface area contributed by atoms with Gasteiger partial charge >= 0.3 is 11.6 Å². The second-order valence-electron chi connectivity index (χ2n) is 7.66. The third-order valence-electron chi connectivity index (χ3n) is 5.24. The molecule has 3 rings (SSSR count). The molecular weight excluding hydrogens is 410 g/mol. The van der Waals surface area contributed by atoms with Crippen molar-refractivity contribution in [3.8, 4) is 5.75 Å². The molecule has 1 aromatic heterocycles. The topological polar surface area (TPSA) is 106 Å². The van der Waals surface area contributed by atoms with Crippen LogP contribution in [0.15, 0.2) is 57.7 Å². The average molecular weight is 437 g/mol. The molecule has 1 amide bonds. The SMILES string of the molecule is Cc1c(Cc2ccccc2)c(=O)oc2cc(OCC(=O)NCCCCCC(=O)O)ccc12. The van der Waals surface area contributed by atoms with Gasteiger partial charge in [-0.1, -0.05) is 36.8 Å². The summed E-state index contributed by atoms with van der Waals surface area (Å²) >= 11 is 0. The Labute approximate surface area is 186 Å². The molecule has 3 aromatic rings. The van der Waals surface area contributed by atoms with Crippen LogP contribution in [0.25, 0.3) is 11.0 Å². The molecule has 2 N–H and O–H groups in total. The Balaban J connectivity index is 1.57. The molecule has 0 aliphatic heterocycles. The number of carbonyl (C=O) groups is 2. The Morgan fingerprint density at radius 3 is 2.59 bits per heavy atom. The van der Waals surface area contributed by atoms with Gasteiger partial charge < -0.3 is 19.6 Å². The third-order valence-corrected chi connectivity index (χ3v) is 5.24. The highest BCUT2D eigenvalue weighted by Crippen LogP contribution is 2.25. The predicted octanol–water partition coefficient (Wildman–Crippen LogP) is 3.83. The Bertz CT molecular complexity index is 1140. The molecule has 0 atom stereocenters. The van der Waals surface area contributed by atoms with Crippen LogP contribution in [0, 0.1) is 6.92 Å². The first-order valence-electron chi connectivity index (χ1n) is 10.7. The molecule has 7 heteroatoms. The van der Waals surface area contributed by atoms with Crippen molar-refractivity contribution < 1.29 is 23.8 Å². The Hall–Kier alpha value is -3.61. The van der Waals surface area contributed by atoms with Crippen LogP contribution in [0.1, 0.15) is 42.4 Å². The van der Waals surface area contributed by atoms with Crippen LogP contribution in [0.5, 0.6) is 5.75 Å². The van der Waals surface area contributed by atoms with Gasteiger partial charge in [-0.2, -0.15) is 0 Å². The van der Waals surface area contributed by atoms with Crippen LogP contribution in [-0.4, -0.2) is 30.1 Å². The minimum atomic E-state index is -0.809. The summed E-state index contributed by atoms with van der Waals surface area (Å²) in [5.74, 6) is -0.636. The van der Waals surface area contributed by atoms with Crippen molar-refractivity contribution in [2.75, 3.05) is 13.2 Å². The molecule has 0 aliphatic carbocycles. The van der Waals surface area contributed by atoms with Crippen LogP contribution >= 0.6 is 0 Å². The largest absolute Gasteiger partial charge is 0.484 e. The van der Waals surface area contributed by atoms with E-state index in [1.807, 2.05) is 43.3 Å². The van der Waals surface area contributed by atoms with Crippen LogP contribution in [0.3, 0.4) is 0 Å². The van der Waals surface area contributed by atoms with E-state index in [2.05, 4.69) is 5.32 Å². The normalized spacial score (nSPS) is 10.8. The molecule has 0 saturated heterocycles. The summed E-state index contributed by atoms with van der Waals surface area (Å²) in [4.78, 5) is 35.0. The predicted molar refractivity (Wildman–Crippen MR) is 121 cm³/mol. The summed E-state index contributed by atoms with van der Waals surface area (Å²) in [6.07, 6.45) is 2.69. The summed E-state index contributed by atoms with van der Waals surface area (Å²) in [7, 11) is 0. The first-order chi connectivity index (χ1) is 15.4. The lowest BCUT2D eigenvalue weighted by Crippen LogP contribution is -2.29. The highest BCUT2D eigenvalue weighted by Gasteiger charge is 2.13. The number of hydrogen-bond acceptors (Lipinski definition) is 5. The maximum Gasteiger partial charge on any atom is 0.340 e. The van der Waals surface area contributed by atoms with E-state index in [4.69, 9.17) is 14.3 Å². The van der Waals surface area contributed by atoms with Crippen molar-refractivity contribution in [2.45, 2.75) is 39.0 Å². The fourth-order valence-electron chi connectivity index (χ4n) is 3.47. The number of rotatable bonds is 11. The number of hydrogen-bond donors (Lipinski definition) is 2. The molecular formula is C25H27NO6. The maximum absolute atomic E-state index is 12.6. The zero-order chi connectivity index (χ0) is 22.9. The van der Waals surface area contributed by atoms with Crippen molar-refractivity contribution >= 4 is 22.8 Å². The number of amides is 1. The van der Waals surface area contributed by atoms with Gasteiger partial charge in [-0.15, -0.1) is 0 Å². The number of aliphatic carboxylic acids is 1. The van der Waals surface area contributed by atoms with Crippen molar-refractivity contribution in [1.29, 1.82) is 0 Å². The van der Waals surface area contributed by atoms with Gasteiger partial charge in [0.25, 0.3) is 5.91 Å². The lowest BCUT2D eigenvalue weighted by molar-refractivity contribution is -0.137. The number of carbonyl (C=O) groups excluding carboxylic acids is 1. The number of nitrogens with one attached hydrogen (secondary N) is 1. The summed E-state index contributed by atoms with van der Waals surface area (Å²) in [6.45, 7) is 2.22. The standard InChI is InChI=1S/C25H27NO6/c1-17-20-12-11-19(31-16-23(27)26-13-7-3-6-10-24(28)29)15-22(20)32-25(30)21(17)14-18-8-4-2-5-9-18/h2,4-5,8-9,11-12,15H,3,6-7,10,13-14,16H2,1H3,(H,26,27)(H,28,29). The molecule has 32 heavy (non-hydrogen) atoms. The van der Waals surface area contributed by atoms with Crippen LogP contribution in [0.4, 0.5) is 0 Å². The number of ether oxygens (including phenoxy) is 1. The monoisotopic (exact) mass is 437 g/mol. The van der Waals surface area contributed by atoms with Crippen molar-refractivity contribution in [3.63, 3.8) is 0 Å². The maximum atomic E-state index is 12.6. The zero-order valence-electron chi connectivity index (χ0n) is 18.1. The Morgan fingerprint density at radius 1 is 1.06 bits per heavy atom. The van der Waals surface area contributed by atoms with Crippen molar-refractivity contribution in [3.05, 3.63) is 75.6 Å². The van der Waals surface area contributed by atoms with Gasteiger partial charge in [-0.25, -0.2) is 4.79 Å². The van der Waals surface area contributed by atoms with E-state index >= 15 is 0 Å². The van der Waals surface area contributed by atoms with E-state index in [9.17, 15) is 14.4 Å². The lowest BCUT2D eigenvalue weighted by atomic mass is 10.00. The summed E-state index contributed by atoms with van der Waals surface area (Å²) in [5.41, 5.74) is 2.57. The van der Waals surface area contributed by atoms with Gasteiger partial charge in [0.05, 0.1) is 0 Å². The smallest absolute Gasteiger partial charge is 0.340 e. The van der Waals surface area contributed by atoms with Crippen LogP contribution in [-0.2, 0) is 16.0 Å². The average Bonchev–Trinajstić information content (AvgIpc) is 2.78. The zero-order valence-corrected chi connectivity index (χ0v) is 18.1. The second-order valence-corrected chi connectivity index (χ2v) is 7.66. The first-order valence-corrected chi connectivity index (χ1v) is 10.7. The quantitative estimate of drug-likeness (QED) is 0.349.